The van der Waals surface area contributed by atoms with Crippen LogP contribution < -0.4 is 10.1 Å². The number of benzene rings is 2. The van der Waals surface area contributed by atoms with Crippen molar-refractivity contribution < 1.29 is 9.53 Å². The normalized spacial score (nSPS) is 15.9. The molecule has 1 N–H and O–H groups in total. The third kappa shape index (κ3) is 6.07. The Bertz CT molecular complexity index is 802. The van der Waals surface area contributed by atoms with E-state index in [2.05, 4.69) is 55.3 Å². The van der Waals surface area contributed by atoms with E-state index in [4.69, 9.17) is 4.74 Å². The van der Waals surface area contributed by atoms with Crippen LogP contribution in [-0.2, 0) is 10.2 Å². The van der Waals surface area contributed by atoms with Gasteiger partial charge in [-0.15, -0.1) is 0 Å². The maximum absolute atomic E-state index is 12.4. The smallest absolute Gasteiger partial charge is 0.258 e. The molecule has 1 aliphatic heterocycles. The van der Waals surface area contributed by atoms with E-state index in [0.717, 1.165) is 24.4 Å². The molecule has 0 spiro atoms. The summed E-state index contributed by atoms with van der Waals surface area (Å²) in [6.07, 6.45) is 2.45. The first-order valence-corrected chi connectivity index (χ1v) is 10.6. The van der Waals surface area contributed by atoms with Crippen molar-refractivity contribution in [3.63, 3.8) is 0 Å². The molecule has 1 amide bonds. The van der Waals surface area contributed by atoms with Crippen LogP contribution in [0.2, 0.25) is 0 Å². The summed E-state index contributed by atoms with van der Waals surface area (Å²) in [5, 5.41) is 3.08. The molecule has 0 unspecified atom stereocenters. The molecule has 0 radical (unpaired) electrons. The average molecular weight is 395 g/mol. The minimum Gasteiger partial charge on any atom is -0.484 e. The van der Waals surface area contributed by atoms with Gasteiger partial charge in [0.2, 0.25) is 0 Å². The molecule has 4 nitrogen and oxygen atoms in total. The van der Waals surface area contributed by atoms with Gasteiger partial charge in [0.25, 0.3) is 5.91 Å². The summed E-state index contributed by atoms with van der Waals surface area (Å²) in [5.41, 5.74) is 3.86. The Morgan fingerprint density at radius 2 is 1.79 bits per heavy atom. The first-order chi connectivity index (χ1) is 13.8. The molecule has 4 heteroatoms. The molecule has 1 fully saturated rings. The Morgan fingerprint density at radius 3 is 2.41 bits per heavy atom. The highest BCUT2D eigenvalue weighted by Gasteiger charge is 2.24. The second kappa shape index (κ2) is 9.45. The van der Waals surface area contributed by atoms with Gasteiger partial charge in [0.1, 0.15) is 5.75 Å². The highest BCUT2D eigenvalue weighted by atomic mass is 16.5. The SMILES string of the molecule is Cc1cccc(OCC(=O)NC[C@H](c2ccc(C(C)(C)C)cc2)N2CCCC2)c1. The summed E-state index contributed by atoms with van der Waals surface area (Å²) in [5.74, 6) is 0.649. The quantitative estimate of drug-likeness (QED) is 0.745. The van der Waals surface area contributed by atoms with Crippen LogP contribution in [0.15, 0.2) is 48.5 Å². The lowest BCUT2D eigenvalue weighted by Gasteiger charge is -2.29. The second-order valence-electron chi connectivity index (χ2n) is 9.04. The van der Waals surface area contributed by atoms with E-state index < -0.39 is 0 Å². The van der Waals surface area contributed by atoms with E-state index in [0.29, 0.717) is 6.54 Å². The molecule has 1 heterocycles. The third-order valence-corrected chi connectivity index (χ3v) is 5.59. The van der Waals surface area contributed by atoms with E-state index in [-0.39, 0.29) is 24.0 Å². The molecule has 0 saturated carbocycles. The lowest BCUT2D eigenvalue weighted by Crippen LogP contribution is -2.38. The Balaban J connectivity index is 1.61. The molecule has 156 valence electrons. The summed E-state index contributed by atoms with van der Waals surface area (Å²) < 4.78 is 5.64. The highest BCUT2D eigenvalue weighted by molar-refractivity contribution is 5.77. The molecule has 2 aromatic carbocycles. The number of nitrogens with one attached hydrogen (secondary N) is 1. The van der Waals surface area contributed by atoms with Gasteiger partial charge >= 0.3 is 0 Å². The number of nitrogens with zero attached hydrogens (tertiary/aromatic N) is 1. The van der Waals surface area contributed by atoms with Crippen molar-refractivity contribution >= 4 is 5.91 Å². The van der Waals surface area contributed by atoms with E-state index in [1.165, 1.54) is 24.0 Å². The molecule has 1 atom stereocenters. The molecule has 0 aromatic heterocycles. The third-order valence-electron chi connectivity index (χ3n) is 5.59. The Kier molecular flexibility index (Phi) is 6.96. The van der Waals surface area contributed by atoms with Gasteiger partial charge in [-0.05, 0) is 67.1 Å². The van der Waals surface area contributed by atoms with E-state index in [9.17, 15) is 4.79 Å². The molecular formula is C25H34N2O2. The van der Waals surface area contributed by atoms with Crippen LogP contribution in [0.25, 0.3) is 0 Å². The maximum Gasteiger partial charge on any atom is 0.258 e. The van der Waals surface area contributed by atoms with Crippen LogP contribution in [-0.4, -0.2) is 37.0 Å². The number of ether oxygens (including phenoxy) is 1. The summed E-state index contributed by atoms with van der Waals surface area (Å²) in [6, 6.07) is 16.9. The van der Waals surface area contributed by atoms with Gasteiger partial charge in [-0.2, -0.15) is 0 Å². The predicted octanol–water partition coefficient (Wildman–Crippen LogP) is 4.62. The van der Waals surface area contributed by atoms with Gasteiger partial charge in [0.15, 0.2) is 6.61 Å². The van der Waals surface area contributed by atoms with Gasteiger partial charge in [-0.1, -0.05) is 57.2 Å². The van der Waals surface area contributed by atoms with Crippen LogP contribution in [0.3, 0.4) is 0 Å². The average Bonchev–Trinajstić information content (AvgIpc) is 3.21. The number of hydrogen-bond donors (Lipinski definition) is 1. The van der Waals surface area contributed by atoms with E-state index >= 15 is 0 Å². The molecular weight excluding hydrogens is 360 g/mol. The van der Waals surface area contributed by atoms with Crippen molar-refractivity contribution in [2.24, 2.45) is 0 Å². The fourth-order valence-corrected chi connectivity index (χ4v) is 3.83. The van der Waals surface area contributed by atoms with Crippen molar-refractivity contribution in [3.05, 3.63) is 65.2 Å². The number of aryl methyl sites for hydroxylation is 1. The molecule has 0 bridgehead atoms. The summed E-state index contributed by atoms with van der Waals surface area (Å²) >= 11 is 0. The molecule has 0 aliphatic carbocycles. The zero-order chi connectivity index (χ0) is 20.9. The topological polar surface area (TPSA) is 41.6 Å². The van der Waals surface area contributed by atoms with Crippen molar-refractivity contribution in [1.82, 2.24) is 10.2 Å². The van der Waals surface area contributed by atoms with Crippen LogP contribution >= 0.6 is 0 Å². The molecule has 1 saturated heterocycles. The molecule has 3 rings (SSSR count). The van der Waals surface area contributed by atoms with Gasteiger partial charge in [-0.25, -0.2) is 0 Å². The van der Waals surface area contributed by atoms with Crippen LogP contribution in [0.5, 0.6) is 5.75 Å². The Hall–Kier alpha value is -2.33. The van der Waals surface area contributed by atoms with Gasteiger partial charge in [0.05, 0.1) is 6.04 Å². The number of amides is 1. The Labute approximate surface area is 175 Å². The maximum atomic E-state index is 12.4. The van der Waals surface area contributed by atoms with E-state index in [1.807, 2.05) is 31.2 Å². The molecule has 1 aliphatic rings. The van der Waals surface area contributed by atoms with Gasteiger partial charge in [-0.3, -0.25) is 9.69 Å². The van der Waals surface area contributed by atoms with Crippen LogP contribution in [0.1, 0.15) is 56.3 Å². The van der Waals surface area contributed by atoms with Gasteiger partial charge < -0.3 is 10.1 Å². The van der Waals surface area contributed by atoms with Crippen molar-refractivity contribution in [2.45, 2.75) is 52.0 Å². The fraction of sp³-hybridized carbons (Fsp3) is 0.480. The number of carbonyl (C=O) groups excluding carboxylic acids is 1. The minimum absolute atomic E-state index is 0.0408. The molecule has 2 aromatic rings. The highest BCUT2D eigenvalue weighted by Crippen LogP contribution is 2.28. The lowest BCUT2D eigenvalue weighted by atomic mass is 9.86. The summed E-state index contributed by atoms with van der Waals surface area (Å²) in [6.45, 7) is 11.5. The fourth-order valence-electron chi connectivity index (χ4n) is 3.83. The summed E-state index contributed by atoms with van der Waals surface area (Å²) in [7, 11) is 0. The van der Waals surface area contributed by atoms with Gasteiger partial charge in [0, 0.05) is 6.54 Å². The minimum atomic E-state index is -0.0815. The van der Waals surface area contributed by atoms with Crippen molar-refractivity contribution in [2.75, 3.05) is 26.2 Å². The first-order valence-electron chi connectivity index (χ1n) is 10.6. The monoisotopic (exact) mass is 394 g/mol. The largest absolute Gasteiger partial charge is 0.484 e. The number of likely N-dealkylation sites (tertiary alicyclic amines) is 1. The number of carbonyl (C=O) groups is 1. The number of hydrogen-bond acceptors (Lipinski definition) is 3. The van der Waals surface area contributed by atoms with E-state index in [1.54, 1.807) is 0 Å². The Morgan fingerprint density at radius 1 is 1.10 bits per heavy atom. The molecule has 29 heavy (non-hydrogen) atoms. The number of rotatable bonds is 7. The van der Waals surface area contributed by atoms with Crippen LogP contribution in [0.4, 0.5) is 0 Å². The lowest BCUT2D eigenvalue weighted by molar-refractivity contribution is -0.123. The summed E-state index contributed by atoms with van der Waals surface area (Å²) in [4.78, 5) is 14.9. The van der Waals surface area contributed by atoms with Crippen LogP contribution in [0, 0.1) is 6.92 Å². The predicted molar refractivity (Wildman–Crippen MR) is 118 cm³/mol. The second-order valence-corrected chi connectivity index (χ2v) is 9.04. The first kappa shape index (κ1) is 21.4. The zero-order valence-electron chi connectivity index (χ0n) is 18.2. The van der Waals surface area contributed by atoms with Crippen molar-refractivity contribution in [1.29, 1.82) is 0 Å². The standard InChI is InChI=1S/C25H34N2O2/c1-19-8-7-9-22(16-19)29-18-24(28)26-17-23(27-14-5-6-15-27)20-10-12-21(13-11-20)25(2,3)4/h7-13,16,23H,5-6,14-15,17-18H2,1-4H3,(H,26,28)/t23-/m1/s1. The zero-order valence-corrected chi connectivity index (χ0v) is 18.2. The van der Waals surface area contributed by atoms with Crippen molar-refractivity contribution in [3.8, 4) is 5.75 Å².